The monoisotopic (exact) mass is 494 g/mol. The van der Waals surface area contributed by atoms with Gasteiger partial charge < -0.3 is 24.6 Å². The summed E-state index contributed by atoms with van der Waals surface area (Å²) in [5.41, 5.74) is 0. The normalized spacial score (nSPS) is 25.2. The smallest absolute Gasteiger partial charge is 0.193 e. The van der Waals surface area contributed by atoms with E-state index in [-0.39, 0.29) is 24.0 Å². The van der Waals surface area contributed by atoms with Gasteiger partial charge in [-0.25, -0.2) is 0 Å². The lowest BCUT2D eigenvalue weighted by Gasteiger charge is -2.34. The topological polar surface area (TPSA) is 49.3 Å². The highest BCUT2D eigenvalue weighted by atomic mass is 127. The Morgan fingerprint density at radius 1 is 1.15 bits per heavy atom. The van der Waals surface area contributed by atoms with Crippen LogP contribution in [0.5, 0.6) is 0 Å². The molecule has 0 aromatic carbocycles. The number of aliphatic imine (C=N–C) groups is 1. The fraction of sp³-hybridized carbons (Fsp3) is 0.950. The molecule has 158 valence electrons. The molecule has 2 heterocycles. The fourth-order valence-corrected chi connectivity index (χ4v) is 4.46. The first-order valence-corrected chi connectivity index (χ1v) is 10.7. The van der Waals surface area contributed by atoms with Crippen LogP contribution in [-0.2, 0) is 9.47 Å². The zero-order valence-corrected chi connectivity index (χ0v) is 19.5. The van der Waals surface area contributed by atoms with E-state index in [1.165, 1.54) is 32.1 Å². The second kappa shape index (κ2) is 12.4. The number of ether oxygens (including phenoxy) is 2. The van der Waals surface area contributed by atoms with Gasteiger partial charge in [-0.3, -0.25) is 4.99 Å². The first-order chi connectivity index (χ1) is 12.8. The van der Waals surface area contributed by atoms with Crippen LogP contribution in [0.1, 0.15) is 51.4 Å². The molecule has 2 aliphatic heterocycles. The zero-order chi connectivity index (χ0) is 18.2. The van der Waals surface area contributed by atoms with Gasteiger partial charge in [0.15, 0.2) is 5.96 Å². The van der Waals surface area contributed by atoms with E-state index < -0.39 is 0 Å². The molecule has 0 radical (unpaired) electrons. The summed E-state index contributed by atoms with van der Waals surface area (Å²) in [6, 6.07) is 0.788. The molecule has 0 spiro atoms. The Kier molecular flexibility index (Phi) is 10.7. The molecule has 1 atom stereocenters. The molecule has 0 aromatic heterocycles. The minimum Gasteiger partial charge on any atom is -0.376 e. The van der Waals surface area contributed by atoms with Crippen LogP contribution >= 0.6 is 24.0 Å². The number of piperidine rings is 1. The molecule has 0 amide bonds. The third-order valence-corrected chi connectivity index (χ3v) is 6.19. The maximum Gasteiger partial charge on any atom is 0.193 e. The average molecular weight is 494 g/mol. The summed E-state index contributed by atoms with van der Waals surface area (Å²) >= 11 is 0. The van der Waals surface area contributed by atoms with Gasteiger partial charge in [0, 0.05) is 45.9 Å². The number of nitrogens with one attached hydrogen (secondary N) is 1. The lowest BCUT2D eigenvalue weighted by molar-refractivity contribution is -0.0367. The summed E-state index contributed by atoms with van der Waals surface area (Å²) in [5.74, 6) is 1.04. The summed E-state index contributed by atoms with van der Waals surface area (Å²) in [6.07, 6.45) is 10.7. The predicted molar refractivity (Wildman–Crippen MR) is 121 cm³/mol. The van der Waals surface area contributed by atoms with Crippen LogP contribution in [0.4, 0.5) is 0 Å². The number of hydrogen-bond acceptors (Lipinski definition) is 4. The van der Waals surface area contributed by atoms with Crippen molar-refractivity contribution >= 4 is 29.9 Å². The molecule has 3 fully saturated rings. The molecule has 0 bridgehead atoms. The summed E-state index contributed by atoms with van der Waals surface area (Å²) in [6.45, 7) is 5.78. The van der Waals surface area contributed by atoms with Gasteiger partial charge >= 0.3 is 0 Å². The quantitative estimate of drug-likeness (QED) is 0.335. The van der Waals surface area contributed by atoms with E-state index in [2.05, 4.69) is 27.2 Å². The standard InChI is InChI=1S/C20H38N4O2.HI/c1-21-20(22-11-14-23(2)17-6-3-4-7-17)24-12-9-18(10-13-24)26-16-19-8-5-15-25-19;/h17-19H,3-16H2,1-2H3,(H,21,22);1H. The van der Waals surface area contributed by atoms with Crippen LogP contribution in [0, 0.1) is 0 Å². The third-order valence-electron chi connectivity index (χ3n) is 6.19. The number of likely N-dealkylation sites (N-methyl/N-ethyl adjacent to an activating group) is 1. The second-order valence-corrected chi connectivity index (χ2v) is 8.05. The molecular formula is C20H39IN4O2. The summed E-state index contributed by atoms with van der Waals surface area (Å²) in [4.78, 5) is 9.38. The number of likely N-dealkylation sites (tertiary alicyclic amines) is 1. The summed E-state index contributed by atoms with van der Waals surface area (Å²) < 4.78 is 11.7. The molecular weight excluding hydrogens is 455 g/mol. The Morgan fingerprint density at radius 2 is 1.89 bits per heavy atom. The van der Waals surface area contributed by atoms with Crippen molar-refractivity contribution in [2.24, 2.45) is 4.99 Å². The van der Waals surface area contributed by atoms with E-state index >= 15 is 0 Å². The maximum atomic E-state index is 6.08. The third kappa shape index (κ3) is 7.33. The lowest BCUT2D eigenvalue weighted by atomic mass is 10.1. The van der Waals surface area contributed by atoms with E-state index in [0.717, 1.165) is 70.7 Å². The van der Waals surface area contributed by atoms with Gasteiger partial charge in [-0.05, 0) is 45.6 Å². The maximum absolute atomic E-state index is 6.08. The Labute approximate surface area is 182 Å². The predicted octanol–water partition coefficient (Wildman–Crippen LogP) is 2.71. The fourth-order valence-electron chi connectivity index (χ4n) is 4.46. The van der Waals surface area contributed by atoms with E-state index in [1.54, 1.807) is 0 Å². The van der Waals surface area contributed by atoms with Gasteiger partial charge in [0.05, 0.1) is 18.8 Å². The zero-order valence-electron chi connectivity index (χ0n) is 17.2. The molecule has 0 aromatic rings. The Balaban J connectivity index is 0.00000261. The van der Waals surface area contributed by atoms with Crippen LogP contribution in [0.25, 0.3) is 0 Å². The van der Waals surface area contributed by atoms with Crippen molar-refractivity contribution in [1.82, 2.24) is 15.1 Å². The van der Waals surface area contributed by atoms with Crippen LogP contribution in [-0.4, -0.2) is 87.5 Å². The number of halogens is 1. The van der Waals surface area contributed by atoms with E-state index in [9.17, 15) is 0 Å². The Morgan fingerprint density at radius 3 is 2.52 bits per heavy atom. The highest BCUT2D eigenvalue weighted by Crippen LogP contribution is 2.22. The van der Waals surface area contributed by atoms with Crippen LogP contribution in [0.2, 0.25) is 0 Å². The molecule has 6 nitrogen and oxygen atoms in total. The Bertz CT molecular complexity index is 432. The minimum absolute atomic E-state index is 0. The van der Waals surface area contributed by atoms with E-state index in [1.807, 2.05) is 7.05 Å². The molecule has 1 N–H and O–H groups in total. The molecule has 1 unspecified atom stereocenters. The van der Waals surface area contributed by atoms with Gasteiger partial charge in [0.1, 0.15) is 0 Å². The van der Waals surface area contributed by atoms with Crippen LogP contribution in [0.15, 0.2) is 4.99 Å². The van der Waals surface area contributed by atoms with Crippen molar-refractivity contribution in [2.75, 3.05) is 53.5 Å². The largest absolute Gasteiger partial charge is 0.376 e. The van der Waals surface area contributed by atoms with E-state index in [0.29, 0.717) is 12.2 Å². The molecule has 2 saturated heterocycles. The molecule has 27 heavy (non-hydrogen) atoms. The highest BCUT2D eigenvalue weighted by Gasteiger charge is 2.24. The SMILES string of the molecule is CN=C(NCCN(C)C1CCCC1)N1CCC(OCC2CCCO2)CC1.I. The van der Waals surface area contributed by atoms with Gasteiger partial charge in [0.2, 0.25) is 0 Å². The second-order valence-electron chi connectivity index (χ2n) is 8.05. The molecule has 7 heteroatoms. The first-order valence-electron chi connectivity index (χ1n) is 10.7. The van der Waals surface area contributed by atoms with Crippen molar-refractivity contribution in [2.45, 2.75) is 69.6 Å². The van der Waals surface area contributed by atoms with Crippen LogP contribution < -0.4 is 5.32 Å². The minimum atomic E-state index is 0. The average Bonchev–Trinajstić information content (AvgIpc) is 3.38. The van der Waals surface area contributed by atoms with Crippen molar-refractivity contribution < 1.29 is 9.47 Å². The van der Waals surface area contributed by atoms with Crippen LogP contribution in [0.3, 0.4) is 0 Å². The van der Waals surface area contributed by atoms with Gasteiger partial charge in [-0.1, -0.05) is 12.8 Å². The first kappa shape index (κ1) is 23.2. The molecule has 1 aliphatic carbocycles. The Hall–Kier alpha value is -0.120. The number of guanidine groups is 1. The van der Waals surface area contributed by atoms with Crippen molar-refractivity contribution in [3.8, 4) is 0 Å². The van der Waals surface area contributed by atoms with Crippen molar-refractivity contribution in [3.05, 3.63) is 0 Å². The number of nitrogens with zero attached hydrogens (tertiary/aromatic N) is 3. The highest BCUT2D eigenvalue weighted by molar-refractivity contribution is 14.0. The number of rotatable bonds is 7. The van der Waals surface area contributed by atoms with Gasteiger partial charge in [-0.15, -0.1) is 24.0 Å². The number of hydrogen-bond donors (Lipinski definition) is 1. The van der Waals surface area contributed by atoms with Crippen molar-refractivity contribution in [1.29, 1.82) is 0 Å². The summed E-state index contributed by atoms with van der Waals surface area (Å²) in [5, 5.41) is 3.56. The summed E-state index contributed by atoms with van der Waals surface area (Å²) in [7, 11) is 4.15. The van der Waals surface area contributed by atoms with Gasteiger partial charge in [0.25, 0.3) is 0 Å². The molecule has 3 rings (SSSR count). The lowest BCUT2D eigenvalue weighted by Crippen LogP contribution is -2.48. The van der Waals surface area contributed by atoms with Gasteiger partial charge in [-0.2, -0.15) is 0 Å². The van der Waals surface area contributed by atoms with Crippen molar-refractivity contribution in [3.63, 3.8) is 0 Å². The van der Waals surface area contributed by atoms with E-state index in [4.69, 9.17) is 9.47 Å². The molecule has 1 saturated carbocycles. The molecule has 3 aliphatic rings.